The monoisotopic (exact) mass is 335 g/mol. The molecule has 1 fully saturated rings. The van der Waals surface area contributed by atoms with E-state index in [0.29, 0.717) is 9.21 Å². The lowest BCUT2D eigenvalue weighted by atomic mass is 10.2. The van der Waals surface area contributed by atoms with E-state index in [1.807, 2.05) is 12.1 Å². The first-order valence-electron chi connectivity index (χ1n) is 7.22. The predicted octanol–water partition coefficient (Wildman–Crippen LogP) is 3.41. The number of rotatable bonds is 3. The van der Waals surface area contributed by atoms with Gasteiger partial charge in [-0.2, -0.15) is 0 Å². The standard InChI is InChI=1S/C16H18ClN3OS/c1-19-8-10-20(11-9-19)13-4-2-12(3-5-13)18-16(21)14-6-7-15(17)22-14/h2-7H,8-11H2,1H3,(H,18,21). The number of nitrogens with one attached hydrogen (secondary N) is 1. The van der Waals surface area contributed by atoms with Crippen molar-refractivity contribution in [2.24, 2.45) is 0 Å². The van der Waals surface area contributed by atoms with E-state index in [9.17, 15) is 4.79 Å². The number of benzene rings is 1. The van der Waals surface area contributed by atoms with Crippen molar-refractivity contribution < 1.29 is 4.79 Å². The van der Waals surface area contributed by atoms with Gasteiger partial charge in [-0.15, -0.1) is 11.3 Å². The first-order chi connectivity index (χ1) is 10.6. The van der Waals surface area contributed by atoms with Crippen LogP contribution in [-0.4, -0.2) is 44.0 Å². The highest BCUT2D eigenvalue weighted by Crippen LogP contribution is 2.23. The largest absolute Gasteiger partial charge is 0.369 e. The van der Waals surface area contributed by atoms with E-state index >= 15 is 0 Å². The molecule has 2 aromatic rings. The molecule has 1 N–H and O–H groups in total. The number of hydrogen-bond donors (Lipinski definition) is 1. The Morgan fingerprint density at radius 1 is 1.09 bits per heavy atom. The fourth-order valence-corrected chi connectivity index (χ4v) is 3.39. The highest BCUT2D eigenvalue weighted by molar-refractivity contribution is 7.18. The molecule has 1 saturated heterocycles. The van der Waals surface area contributed by atoms with Gasteiger partial charge in [-0.1, -0.05) is 11.6 Å². The van der Waals surface area contributed by atoms with Crippen LogP contribution in [0.25, 0.3) is 0 Å². The van der Waals surface area contributed by atoms with Crippen LogP contribution in [0.3, 0.4) is 0 Å². The molecule has 0 spiro atoms. The average molecular weight is 336 g/mol. The van der Waals surface area contributed by atoms with Gasteiger partial charge in [-0.25, -0.2) is 0 Å². The van der Waals surface area contributed by atoms with E-state index in [2.05, 4.69) is 34.3 Å². The lowest BCUT2D eigenvalue weighted by Crippen LogP contribution is -2.44. The van der Waals surface area contributed by atoms with Crippen LogP contribution < -0.4 is 10.2 Å². The summed E-state index contributed by atoms with van der Waals surface area (Å²) >= 11 is 7.14. The van der Waals surface area contributed by atoms with Crippen LogP contribution in [0.2, 0.25) is 4.34 Å². The molecular weight excluding hydrogens is 318 g/mol. The molecule has 22 heavy (non-hydrogen) atoms. The van der Waals surface area contributed by atoms with Gasteiger partial charge in [-0.05, 0) is 43.4 Å². The summed E-state index contributed by atoms with van der Waals surface area (Å²) in [7, 11) is 2.15. The molecule has 0 radical (unpaired) electrons. The van der Waals surface area contributed by atoms with E-state index in [1.54, 1.807) is 12.1 Å². The highest BCUT2D eigenvalue weighted by Gasteiger charge is 2.14. The summed E-state index contributed by atoms with van der Waals surface area (Å²) in [6.07, 6.45) is 0. The third-order valence-electron chi connectivity index (χ3n) is 3.79. The Kier molecular flexibility index (Phi) is 4.66. The lowest BCUT2D eigenvalue weighted by molar-refractivity contribution is 0.103. The van der Waals surface area contributed by atoms with E-state index in [0.717, 1.165) is 31.9 Å². The number of amides is 1. The zero-order valence-corrected chi connectivity index (χ0v) is 14.0. The van der Waals surface area contributed by atoms with Gasteiger partial charge in [0.05, 0.1) is 9.21 Å². The minimum absolute atomic E-state index is 0.121. The van der Waals surface area contributed by atoms with Crippen molar-refractivity contribution in [1.29, 1.82) is 0 Å². The van der Waals surface area contributed by atoms with Gasteiger partial charge in [0.2, 0.25) is 0 Å². The summed E-state index contributed by atoms with van der Waals surface area (Å²) in [5.41, 5.74) is 2.00. The van der Waals surface area contributed by atoms with Crippen LogP contribution in [-0.2, 0) is 0 Å². The van der Waals surface area contributed by atoms with Gasteiger partial charge in [0.1, 0.15) is 0 Å². The highest BCUT2D eigenvalue weighted by atomic mass is 35.5. The molecule has 4 nitrogen and oxygen atoms in total. The van der Waals surface area contributed by atoms with Crippen molar-refractivity contribution >= 4 is 40.2 Å². The van der Waals surface area contributed by atoms with Crippen molar-refractivity contribution in [1.82, 2.24) is 4.90 Å². The van der Waals surface area contributed by atoms with E-state index in [-0.39, 0.29) is 5.91 Å². The second-order valence-electron chi connectivity index (χ2n) is 5.40. The number of piperazine rings is 1. The lowest BCUT2D eigenvalue weighted by Gasteiger charge is -2.34. The van der Waals surface area contributed by atoms with Crippen molar-refractivity contribution in [3.63, 3.8) is 0 Å². The number of halogens is 1. The number of carbonyl (C=O) groups is 1. The molecule has 1 amide bonds. The van der Waals surface area contributed by atoms with E-state index in [4.69, 9.17) is 11.6 Å². The molecule has 0 unspecified atom stereocenters. The van der Waals surface area contributed by atoms with Gasteiger partial charge in [0.15, 0.2) is 0 Å². The molecule has 2 heterocycles. The SMILES string of the molecule is CN1CCN(c2ccc(NC(=O)c3ccc(Cl)s3)cc2)CC1. The molecule has 3 rings (SSSR count). The quantitative estimate of drug-likeness (QED) is 0.933. The van der Waals surface area contributed by atoms with Crippen LogP contribution in [0.1, 0.15) is 9.67 Å². The normalized spacial score (nSPS) is 15.8. The number of carbonyl (C=O) groups excluding carboxylic acids is 1. The van der Waals surface area contributed by atoms with Crippen LogP contribution in [0.5, 0.6) is 0 Å². The first-order valence-corrected chi connectivity index (χ1v) is 8.41. The summed E-state index contributed by atoms with van der Waals surface area (Å²) in [5.74, 6) is -0.121. The van der Waals surface area contributed by atoms with Crippen LogP contribution in [0.4, 0.5) is 11.4 Å². The fourth-order valence-electron chi connectivity index (χ4n) is 2.45. The Morgan fingerprint density at radius 2 is 1.77 bits per heavy atom. The van der Waals surface area contributed by atoms with Gasteiger partial charge in [0.25, 0.3) is 5.91 Å². The van der Waals surface area contributed by atoms with Gasteiger partial charge in [-0.3, -0.25) is 4.79 Å². The number of thiophene rings is 1. The van der Waals surface area contributed by atoms with Gasteiger partial charge < -0.3 is 15.1 Å². The molecule has 0 saturated carbocycles. The number of hydrogen-bond acceptors (Lipinski definition) is 4. The number of likely N-dealkylation sites (N-methyl/N-ethyl adjacent to an activating group) is 1. The maximum atomic E-state index is 12.1. The Morgan fingerprint density at radius 3 is 2.36 bits per heavy atom. The molecule has 116 valence electrons. The van der Waals surface area contributed by atoms with Crippen molar-refractivity contribution in [2.45, 2.75) is 0 Å². The second-order valence-corrected chi connectivity index (χ2v) is 7.11. The average Bonchev–Trinajstić information content (AvgIpc) is 2.96. The fraction of sp³-hybridized carbons (Fsp3) is 0.312. The van der Waals surface area contributed by atoms with Crippen molar-refractivity contribution in [3.05, 3.63) is 45.6 Å². The number of anilines is 2. The summed E-state index contributed by atoms with van der Waals surface area (Å²) in [5, 5.41) is 2.89. The van der Waals surface area contributed by atoms with Crippen LogP contribution >= 0.6 is 22.9 Å². The first kappa shape index (κ1) is 15.3. The maximum absolute atomic E-state index is 12.1. The molecule has 1 aromatic carbocycles. The molecule has 0 aliphatic carbocycles. The van der Waals surface area contributed by atoms with Crippen LogP contribution in [0, 0.1) is 0 Å². The Balaban J connectivity index is 1.63. The molecule has 0 bridgehead atoms. The summed E-state index contributed by atoms with van der Waals surface area (Å²) in [6, 6.07) is 11.5. The molecule has 1 aliphatic rings. The molecule has 1 aliphatic heterocycles. The molecule has 0 atom stereocenters. The van der Waals surface area contributed by atoms with E-state index in [1.165, 1.54) is 17.0 Å². The zero-order valence-electron chi connectivity index (χ0n) is 12.4. The smallest absolute Gasteiger partial charge is 0.265 e. The maximum Gasteiger partial charge on any atom is 0.265 e. The minimum Gasteiger partial charge on any atom is -0.369 e. The summed E-state index contributed by atoms with van der Waals surface area (Å²) in [6.45, 7) is 4.24. The third-order valence-corrected chi connectivity index (χ3v) is 5.02. The van der Waals surface area contributed by atoms with Crippen molar-refractivity contribution in [2.75, 3.05) is 43.4 Å². The minimum atomic E-state index is -0.121. The molecule has 6 heteroatoms. The summed E-state index contributed by atoms with van der Waals surface area (Å²) in [4.78, 5) is 17.4. The molecular formula is C16H18ClN3OS. The topological polar surface area (TPSA) is 35.6 Å². The van der Waals surface area contributed by atoms with Crippen LogP contribution in [0.15, 0.2) is 36.4 Å². The van der Waals surface area contributed by atoms with Gasteiger partial charge >= 0.3 is 0 Å². The van der Waals surface area contributed by atoms with Gasteiger partial charge in [0, 0.05) is 37.6 Å². The van der Waals surface area contributed by atoms with E-state index < -0.39 is 0 Å². The Hall–Kier alpha value is -1.56. The second kappa shape index (κ2) is 6.69. The third kappa shape index (κ3) is 3.61. The Bertz CT molecular complexity index is 648. The van der Waals surface area contributed by atoms with Crippen molar-refractivity contribution in [3.8, 4) is 0 Å². The Labute approximate surface area is 139 Å². The predicted molar refractivity (Wildman–Crippen MR) is 93.4 cm³/mol. The zero-order chi connectivity index (χ0) is 15.5. The number of nitrogens with zero attached hydrogens (tertiary/aromatic N) is 2. The molecule has 1 aromatic heterocycles. The summed E-state index contributed by atoms with van der Waals surface area (Å²) < 4.78 is 0.621.